The summed E-state index contributed by atoms with van der Waals surface area (Å²) in [6.45, 7) is 3.42. The minimum absolute atomic E-state index is 0.607. The first-order valence-electron chi connectivity index (χ1n) is 5.20. The summed E-state index contributed by atoms with van der Waals surface area (Å²) >= 11 is 0. The minimum Gasteiger partial charge on any atom is -0.496 e. The van der Waals surface area contributed by atoms with E-state index in [0.717, 1.165) is 0 Å². The maximum Gasteiger partial charge on any atom is 0.473 e. The van der Waals surface area contributed by atoms with Crippen LogP contribution in [0, 0.1) is 0 Å². The van der Waals surface area contributed by atoms with E-state index in [2.05, 4.69) is 0 Å². The van der Waals surface area contributed by atoms with E-state index in [1.807, 2.05) is 12.1 Å². The van der Waals surface area contributed by atoms with Gasteiger partial charge in [-0.2, -0.15) is 0 Å². The lowest BCUT2D eigenvalue weighted by molar-refractivity contribution is 0.0703. The van der Waals surface area contributed by atoms with Crippen molar-refractivity contribution in [1.29, 1.82) is 0 Å². The van der Waals surface area contributed by atoms with Gasteiger partial charge < -0.3 is 9.63 Å². The molecule has 1 aromatic rings. The van der Waals surface area contributed by atoms with E-state index in [-0.39, 0.29) is 0 Å². The van der Waals surface area contributed by atoms with Gasteiger partial charge in [0.05, 0.1) is 7.11 Å². The second-order valence-electron chi connectivity index (χ2n) is 4.39. The van der Waals surface area contributed by atoms with Crippen molar-refractivity contribution >= 4 is 7.82 Å². The van der Waals surface area contributed by atoms with Crippen molar-refractivity contribution in [3.8, 4) is 5.75 Å². The summed E-state index contributed by atoms with van der Waals surface area (Å²) in [5, 5.41) is 0. The van der Waals surface area contributed by atoms with E-state index >= 15 is 0 Å². The molecule has 6 heteroatoms. The zero-order valence-corrected chi connectivity index (χ0v) is 10.8. The van der Waals surface area contributed by atoms with Crippen molar-refractivity contribution in [2.24, 2.45) is 0 Å². The predicted octanol–water partition coefficient (Wildman–Crippen LogP) is 2.66. The number of phosphoric acid groups is 1. The van der Waals surface area contributed by atoms with Crippen LogP contribution < -0.4 is 4.74 Å². The fraction of sp³-hybridized carbons (Fsp3) is 0.455. The minimum atomic E-state index is -3.97. The smallest absolute Gasteiger partial charge is 0.473 e. The van der Waals surface area contributed by atoms with E-state index in [1.54, 1.807) is 33.1 Å². The summed E-state index contributed by atoms with van der Waals surface area (Å²) in [4.78, 5) is 9.40. The number of ether oxygens (including phenoxy) is 1. The highest BCUT2D eigenvalue weighted by atomic mass is 31.2. The van der Waals surface area contributed by atoms with Gasteiger partial charge in [-0.05, 0) is 19.9 Å². The summed E-state index contributed by atoms with van der Waals surface area (Å²) in [5.41, 5.74) is -0.175. The number of benzene rings is 1. The molecule has 1 aliphatic heterocycles. The molecule has 2 unspecified atom stereocenters. The van der Waals surface area contributed by atoms with Crippen LogP contribution in [0.1, 0.15) is 25.5 Å². The molecule has 2 rings (SSSR count). The maximum atomic E-state index is 11.5. The van der Waals surface area contributed by atoms with Gasteiger partial charge >= 0.3 is 7.82 Å². The molecule has 1 aromatic carbocycles. The van der Waals surface area contributed by atoms with Crippen molar-refractivity contribution in [3.05, 3.63) is 29.8 Å². The van der Waals surface area contributed by atoms with Crippen LogP contribution in [0.25, 0.3) is 0 Å². The van der Waals surface area contributed by atoms with Crippen LogP contribution in [0.2, 0.25) is 0 Å². The molecule has 0 aromatic heterocycles. The van der Waals surface area contributed by atoms with Gasteiger partial charge in [0.15, 0.2) is 0 Å². The third-order valence-corrected chi connectivity index (χ3v) is 3.82. The molecule has 0 spiro atoms. The fourth-order valence-corrected chi connectivity index (χ4v) is 3.31. The topological polar surface area (TPSA) is 65.0 Å². The molecular weight excluding hydrogens is 243 g/mol. The standard InChI is InChI=1S/C11H15O5P/c1-11(2)10(15-17(12,13)16-11)8-6-4-5-7-9(8)14-3/h4-7,10H,1-3H3,(H,12,13). The first kappa shape index (κ1) is 12.6. The highest BCUT2D eigenvalue weighted by molar-refractivity contribution is 7.47. The number of para-hydroxylation sites is 1. The van der Waals surface area contributed by atoms with Crippen LogP contribution in [0.5, 0.6) is 5.75 Å². The number of rotatable bonds is 2. The van der Waals surface area contributed by atoms with Gasteiger partial charge in [0.25, 0.3) is 0 Å². The quantitative estimate of drug-likeness (QED) is 0.826. The second kappa shape index (κ2) is 4.10. The SMILES string of the molecule is COc1ccccc1C1OP(=O)(O)OC1(C)C. The van der Waals surface area contributed by atoms with Crippen molar-refractivity contribution < 1.29 is 23.2 Å². The summed E-state index contributed by atoms with van der Waals surface area (Å²) in [6.07, 6.45) is -0.630. The van der Waals surface area contributed by atoms with Crippen LogP contribution in [0.15, 0.2) is 24.3 Å². The van der Waals surface area contributed by atoms with Crippen molar-refractivity contribution in [2.75, 3.05) is 7.11 Å². The van der Waals surface area contributed by atoms with E-state index < -0.39 is 19.5 Å². The largest absolute Gasteiger partial charge is 0.496 e. The maximum absolute atomic E-state index is 11.5. The Morgan fingerprint density at radius 2 is 2.06 bits per heavy atom. The Kier molecular flexibility index (Phi) is 3.04. The number of hydrogen-bond acceptors (Lipinski definition) is 4. The van der Waals surface area contributed by atoms with Crippen LogP contribution in [-0.2, 0) is 13.6 Å². The monoisotopic (exact) mass is 258 g/mol. The Balaban J connectivity index is 2.43. The normalized spacial score (nSPS) is 31.4. The highest BCUT2D eigenvalue weighted by Gasteiger charge is 2.51. The molecule has 1 aliphatic rings. The molecule has 0 amide bonds. The van der Waals surface area contributed by atoms with Crippen molar-refractivity contribution in [2.45, 2.75) is 25.6 Å². The number of phosphoric ester groups is 1. The zero-order chi connectivity index (χ0) is 12.7. The Morgan fingerprint density at radius 3 is 2.59 bits per heavy atom. The molecule has 17 heavy (non-hydrogen) atoms. The third-order valence-electron chi connectivity index (χ3n) is 2.64. The van der Waals surface area contributed by atoms with Gasteiger partial charge in [-0.1, -0.05) is 18.2 Å². The predicted molar refractivity (Wildman–Crippen MR) is 61.8 cm³/mol. The first-order chi connectivity index (χ1) is 7.86. The van der Waals surface area contributed by atoms with Crippen molar-refractivity contribution in [3.63, 3.8) is 0 Å². The molecule has 0 aliphatic carbocycles. The van der Waals surface area contributed by atoms with Gasteiger partial charge in [-0.15, -0.1) is 0 Å². The molecule has 0 radical (unpaired) electrons. The number of hydrogen-bond donors (Lipinski definition) is 1. The molecule has 1 heterocycles. The second-order valence-corrected chi connectivity index (χ2v) is 5.72. The molecule has 1 fully saturated rings. The van der Waals surface area contributed by atoms with Crippen molar-refractivity contribution in [1.82, 2.24) is 0 Å². The first-order valence-corrected chi connectivity index (χ1v) is 6.70. The van der Waals surface area contributed by atoms with Crippen LogP contribution in [0.3, 0.4) is 0 Å². The summed E-state index contributed by atoms with van der Waals surface area (Å²) in [7, 11) is -2.43. The molecule has 2 atom stereocenters. The lowest BCUT2D eigenvalue weighted by Gasteiger charge is -2.23. The molecule has 0 saturated carbocycles. The van der Waals surface area contributed by atoms with Crippen LogP contribution in [-0.4, -0.2) is 17.6 Å². The molecule has 5 nitrogen and oxygen atoms in total. The Labute approximate surface area is 99.9 Å². The average molecular weight is 258 g/mol. The average Bonchev–Trinajstić information content (AvgIpc) is 2.46. The molecule has 1 saturated heterocycles. The third kappa shape index (κ3) is 2.38. The lowest BCUT2D eigenvalue weighted by Crippen LogP contribution is -2.26. The van der Waals surface area contributed by atoms with E-state index in [0.29, 0.717) is 11.3 Å². The van der Waals surface area contributed by atoms with E-state index in [1.165, 1.54) is 0 Å². The Morgan fingerprint density at radius 1 is 1.41 bits per heavy atom. The highest BCUT2D eigenvalue weighted by Crippen LogP contribution is 2.62. The molecular formula is C11H15O5P. The molecule has 1 N–H and O–H groups in total. The molecule has 0 bridgehead atoms. The van der Waals surface area contributed by atoms with Crippen LogP contribution >= 0.6 is 7.82 Å². The van der Waals surface area contributed by atoms with Gasteiger partial charge in [0.2, 0.25) is 0 Å². The number of methoxy groups -OCH3 is 1. The summed E-state index contributed by atoms with van der Waals surface area (Å²) < 4.78 is 26.8. The zero-order valence-electron chi connectivity index (χ0n) is 9.91. The van der Waals surface area contributed by atoms with Gasteiger partial charge in [-0.3, -0.25) is 9.05 Å². The lowest BCUT2D eigenvalue weighted by atomic mass is 9.94. The fourth-order valence-electron chi connectivity index (χ4n) is 1.94. The van der Waals surface area contributed by atoms with Gasteiger partial charge in [0.1, 0.15) is 17.5 Å². The summed E-state index contributed by atoms with van der Waals surface area (Å²) in [5.74, 6) is 0.607. The van der Waals surface area contributed by atoms with Gasteiger partial charge in [0, 0.05) is 5.56 Å². The van der Waals surface area contributed by atoms with E-state index in [4.69, 9.17) is 13.8 Å². The Bertz CT molecular complexity index is 471. The van der Waals surface area contributed by atoms with Gasteiger partial charge in [-0.25, -0.2) is 4.57 Å². The Hall–Kier alpha value is -0.870. The van der Waals surface area contributed by atoms with E-state index in [9.17, 15) is 9.46 Å². The van der Waals surface area contributed by atoms with Crippen LogP contribution in [0.4, 0.5) is 0 Å². The summed E-state index contributed by atoms with van der Waals surface area (Å²) in [6, 6.07) is 7.21. The molecule has 94 valence electrons.